The highest BCUT2D eigenvalue weighted by atomic mass is 16.4. The Morgan fingerprint density at radius 2 is 2.00 bits per heavy atom. The molecule has 0 aliphatic carbocycles. The van der Waals surface area contributed by atoms with Gasteiger partial charge < -0.3 is 10.0 Å². The van der Waals surface area contributed by atoms with Crippen LogP contribution in [-0.4, -0.2) is 35.0 Å². The molecule has 1 N–H and O–H groups in total. The van der Waals surface area contributed by atoms with E-state index in [0.29, 0.717) is 12.1 Å². The molecule has 2 unspecified atom stereocenters. The van der Waals surface area contributed by atoms with Gasteiger partial charge in [-0.25, -0.2) is 0 Å². The van der Waals surface area contributed by atoms with Crippen molar-refractivity contribution in [2.24, 2.45) is 11.8 Å². The molecule has 114 valence electrons. The van der Waals surface area contributed by atoms with Crippen molar-refractivity contribution in [2.45, 2.75) is 33.1 Å². The SMILES string of the molecule is Cc1ccc(C(=O)N2CCCC(C(C)CC(=O)O)C2)cc1. The molecule has 0 radical (unpaired) electrons. The molecule has 4 heteroatoms. The molecule has 1 saturated heterocycles. The first-order valence-corrected chi connectivity index (χ1v) is 7.55. The van der Waals surface area contributed by atoms with Crippen molar-refractivity contribution in [1.82, 2.24) is 4.90 Å². The largest absolute Gasteiger partial charge is 0.481 e. The second-order valence-electron chi connectivity index (χ2n) is 6.09. The zero-order chi connectivity index (χ0) is 15.4. The molecule has 2 rings (SSSR count). The van der Waals surface area contributed by atoms with E-state index in [0.717, 1.165) is 24.9 Å². The van der Waals surface area contributed by atoms with Gasteiger partial charge in [0, 0.05) is 25.1 Å². The lowest BCUT2D eigenvalue weighted by Crippen LogP contribution is -2.42. The van der Waals surface area contributed by atoms with Gasteiger partial charge in [0.15, 0.2) is 0 Å². The Hall–Kier alpha value is -1.84. The highest BCUT2D eigenvalue weighted by Gasteiger charge is 2.28. The average molecular weight is 289 g/mol. The molecule has 1 amide bonds. The smallest absolute Gasteiger partial charge is 0.303 e. The van der Waals surface area contributed by atoms with Crippen molar-refractivity contribution in [3.63, 3.8) is 0 Å². The van der Waals surface area contributed by atoms with E-state index < -0.39 is 5.97 Å². The van der Waals surface area contributed by atoms with E-state index in [4.69, 9.17) is 5.11 Å². The number of carboxylic acid groups (broad SMARTS) is 1. The maximum atomic E-state index is 12.5. The van der Waals surface area contributed by atoms with Gasteiger partial charge in [-0.15, -0.1) is 0 Å². The maximum Gasteiger partial charge on any atom is 0.303 e. The van der Waals surface area contributed by atoms with Crippen LogP contribution in [0.1, 0.15) is 42.1 Å². The minimum Gasteiger partial charge on any atom is -0.481 e. The van der Waals surface area contributed by atoms with Crippen LogP contribution in [0, 0.1) is 18.8 Å². The number of rotatable bonds is 4. The first-order chi connectivity index (χ1) is 9.97. The minimum absolute atomic E-state index is 0.0576. The Bertz CT molecular complexity index is 509. The van der Waals surface area contributed by atoms with Gasteiger partial charge in [-0.3, -0.25) is 9.59 Å². The third kappa shape index (κ3) is 4.06. The Morgan fingerprint density at radius 3 is 2.62 bits per heavy atom. The third-order valence-corrected chi connectivity index (χ3v) is 4.34. The fourth-order valence-corrected chi connectivity index (χ4v) is 2.98. The fraction of sp³-hybridized carbons (Fsp3) is 0.529. The van der Waals surface area contributed by atoms with Crippen LogP contribution in [0.5, 0.6) is 0 Å². The Morgan fingerprint density at radius 1 is 1.33 bits per heavy atom. The third-order valence-electron chi connectivity index (χ3n) is 4.34. The van der Waals surface area contributed by atoms with E-state index in [9.17, 15) is 9.59 Å². The first-order valence-electron chi connectivity index (χ1n) is 7.55. The van der Waals surface area contributed by atoms with Crippen molar-refractivity contribution >= 4 is 11.9 Å². The number of amides is 1. The number of aryl methyl sites for hydroxylation is 1. The number of carboxylic acids is 1. The Kier molecular flexibility index (Phi) is 4.99. The van der Waals surface area contributed by atoms with Crippen molar-refractivity contribution < 1.29 is 14.7 Å². The number of piperidine rings is 1. The van der Waals surface area contributed by atoms with Gasteiger partial charge >= 0.3 is 5.97 Å². The number of nitrogens with zero attached hydrogens (tertiary/aromatic N) is 1. The normalized spacial score (nSPS) is 20.1. The van der Waals surface area contributed by atoms with Crippen LogP contribution >= 0.6 is 0 Å². The summed E-state index contributed by atoms with van der Waals surface area (Å²) < 4.78 is 0. The highest BCUT2D eigenvalue weighted by molar-refractivity contribution is 5.94. The topological polar surface area (TPSA) is 57.6 Å². The van der Waals surface area contributed by atoms with Crippen LogP contribution in [0.15, 0.2) is 24.3 Å². The summed E-state index contributed by atoms with van der Waals surface area (Å²) in [6.45, 7) is 5.40. The Labute approximate surface area is 125 Å². The number of hydrogen-bond donors (Lipinski definition) is 1. The van der Waals surface area contributed by atoms with E-state index in [1.165, 1.54) is 0 Å². The molecular formula is C17H23NO3. The lowest BCUT2D eigenvalue weighted by atomic mass is 9.84. The molecule has 2 atom stereocenters. The number of carbonyl (C=O) groups is 2. The standard InChI is InChI=1S/C17H23NO3/c1-12-5-7-14(8-6-12)17(21)18-9-3-4-15(11-18)13(2)10-16(19)20/h5-8,13,15H,3-4,9-11H2,1-2H3,(H,19,20). The predicted octanol–water partition coefficient (Wildman–Crippen LogP) is 2.96. The maximum absolute atomic E-state index is 12.5. The molecule has 21 heavy (non-hydrogen) atoms. The number of carbonyl (C=O) groups excluding carboxylic acids is 1. The van der Waals surface area contributed by atoms with E-state index in [-0.39, 0.29) is 24.2 Å². The quantitative estimate of drug-likeness (QED) is 0.927. The molecule has 0 bridgehead atoms. The Balaban J connectivity index is 2.01. The van der Waals surface area contributed by atoms with E-state index in [1.54, 1.807) is 0 Å². The van der Waals surface area contributed by atoms with Crippen LogP contribution in [-0.2, 0) is 4.79 Å². The molecule has 1 heterocycles. The van der Waals surface area contributed by atoms with Gasteiger partial charge in [-0.1, -0.05) is 24.6 Å². The van der Waals surface area contributed by atoms with Gasteiger partial charge in [-0.05, 0) is 43.7 Å². The van der Waals surface area contributed by atoms with Crippen molar-refractivity contribution in [3.8, 4) is 0 Å². The van der Waals surface area contributed by atoms with Crippen LogP contribution < -0.4 is 0 Å². The number of benzene rings is 1. The number of hydrogen-bond acceptors (Lipinski definition) is 2. The predicted molar refractivity (Wildman–Crippen MR) is 81.2 cm³/mol. The van der Waals surface area contributed by atoms with Crippen molar-refractivity contribution in [3.05, 3.63) is 35.4 Å². The van der Waals surface area contributed by atoms with Crippen LogP contribution in [0.4, 0.5) is 0 Å². The fourth-order valence-electron chi connectivity index (χ4n) is 2.98. The monoisotopic (exact) mass is 289 g/mol. The minimum atomic E-state index is -0.760. The van der Waals surface area contributed by atoms with E-state index in [2.05, 4.69) is 0 Å². The van der Waals surface area contributed by atoms with Gasteiger partial charge in [0.05, 0.1) is 0 Å². The van der Waals surface area contributed by atoms with Crippen LogP contribution in [0.2, 0.25) is 0 Å². The zero-order valence-electron chi connectivity index (χ0n) is 12.7. The van der Waals surface area contributed by atoms with E-state index >= 15 is 0 Å². The summed E-state index contributed by atoms with van der Waals surface area (Å²) in [6, 6.07) is 7.62. The number of aliphatic carboxylic acids is 1. The molecule has 1 aliphatic rings. The van der Waals surface area contributed by atoms with Crippen LogP contribution in [0.25, 0.3) is 0 Å². The molecule has 0 spiro atoms. The molecule has 0 aromatic heterocycles. The molecule has 1 aromatic carbocycles. The van der Waals surface area contributed by atoms with Crippen LogP contribution in [0.3, 0.4) is 0 Å². The summed E-state index contributed by atoms with van der Waals surface area (Å²) >= 11 is 0. The summed E-state index contributed by atoms with van der Waals surface area (Å²) in [5.74, 6) is -0.313. The summed E-state index contributed by atoms with van der Waals surface area (Å²) in [4.78, 5) is 25.2. The second-order valence-corrected chi connectivity index (χ2v) is 6.09. The van der Waals surface area contributed by atoms with Gasteiger partial charge in [0.1, 0.15) is 0 Å². The molecule has 1 aromatic rings. The average Bonchev–Trinajstić information content (AvgIpc) is 2.47. The number of likely N-dealkylation sites (tertiary alicyclic amines) is 1. The van der Waals surface area contributed by atoms with Gasteiger partial charge in [0.25, 0.3) is 5.91 Å². The lowest BCUT2D eigenvalue weighted by Gasteiger charge is -2.35. The lowest BCUT2D eigenvalue weighted by molar-refractivity contribution is -0.138. The summed E-state index contributed by atoms with van der Waals surface area (Å²) in [5, 5.41) is 8.91. The second kappa shape index (κ2) is 6.74. The zero-order valence-corrected chi connectivity index (χ0v) is 12.7. The first kappa shape index (κ1) is 15.5. The molecular weight excluding hydrogens is 266 g/mol. The summed E-state index contributed by atoms with van der Waals surface area (Å²) in [7, 11) is 0. The summed E-state index contributed by atoms with van der Waals surface area (Å²) in [6.07, 6.45) is 2.13. The van der Waals surface area contributed by atoms with Crippen molar-refractivity contribution in [2.75, 3.05) is 13.1 Å². The van der Waals surface area contributed by atoms with Gasteiger partial charge in [0.2, 0.25) is 0 Å². The molecule has 0 saturated carbocycles. The molecule has 4 nitrogen and oxygen atoms in total. The molecule has 1 aliphatic heterocycles. The van der Waals surface area contributed by atoms with Gasteiger partial charge in [-0.2, -0.15) is 0 Å². The van der Waals surface area contributed by atoms with E-state index in [1.807, 2.05) is 43.0 Å². The van der Waals surface area contributed by atoms with Crippen molar-refractivity contribution in [1.29, 1.82) is 0 Å². The highest BCUT2D eigenvalue weighted by Crippen LogP contribution is 2.27. The summed E-state index contributed by atoms with van der Waals surface area (Å²) in [5.41, 5.74) is 1.85. The molecule has 1 fully saturated rings.